The molecule has 0 saturated carbocycles. The maximum absolute atomic E-state index is 11.9. The lowest BCUT2D eigenvalue weighted by atomic mass is 9.96. The Bertz CT molecular complexity index is 459. The van der Waals surface area contributed by atoms with E-state index in [2.05, 4.69) is 0 Å². The van der Waals surface area contributed by atoms with Gasteiger partial charge in [-0.2, -0.15) is 0 Å². The number of anilines is 1. The van der Waals surface area contributed by atoms with Crippen LogP contribution in [0.1, 0.15) is 18.9 Å². The number of nitrogens with one attached hydrogen (secondary N) is 1. The summed E-state index contributed by atoms with van der Waals surface area (Å²) in [6.45, 7) is 1.93. The van der Waals surface area contributed by atoms with E-state index in [4.69, 9.17) is 5.84 Å². The van der Waals surface area contributed by atoms with Crippen molar-refractivity contribution in [2.75, 3.05) is 4.90 Å². The van der Waals surface area contributed by atoms with Gasteiger partial charge in [0.1, 0.15) is 0 Å². The molecule has 5 heteroatoms. The number of rotatable bonds is 0. The predicted molar refractivity (Wildman–Crippen MR) is 64.0 cm³/mol. The quantitative estimate of drug-likeness (QED) is 0.294. The number of fused-ring (bicyclic) bond motifs is 1. The zero-order chi connectivity index (χ0) is 12.4. The Labute approximate surface area is 99.6 Å². The SMILES string of the molecule is CC1CCc2ccccc2N1C(=O)C(=O)NN. The van der Waals surface area contributed by atoms with Gasteiger partial charge in [-0.25, -0.2) is 5.84 Å². The maximum atomic E-state index is 11.9. The average molecular weight is 233 g/mol. The van der Waals surface area contributed by atoms with Crippen LogP contribution in [0.4, 0.5) is 5.69 Å². The first kappa shape index (κ1) is 11.6. The molecular formula is C12H15N3O2. The normalized spacial score (nSPS) is 18.5. The number of para-hydroxylation sites is 1. The Hall–Kier alpha value is -1.88. The lowest BCUT2D eigenvalue weighted by Gasteiger charge is -2.34. The fourth-order valence-corrected chi connectivity index (χ4v) is 2.17. The number of hydrogen-bond donors (Lipinski definition) is 2. The van der Waals surface area contributed by atoms with Crippen LogP contribution in [-0.2, 0) is 16.0 Å². The zero-order valence-corrected chi connectivity index (χ0v) is 9.64. The van der Waals surface area contributed by atoms with Gasteiger partial charge < -0.3 is 4.90 Å². The van der Waals surface area contributed by atoms with Gasteiger partial charge in [-0.15, -0.1) is 0 Å². The molecule has 2 amide bonds. The molecule has 0 fully saturated rings. The molecular weight excluding hydrogens is 218 g/mol. The largest absolute Gasteiger partial charge is 0.323 e. The van der Waals surface area contributed by atoms with Gasteiger partial charge >= 0.3 is 11.8 Å². The van der Waals surface area contributed by atoms with E-state index in [0.717, 1.165) is 24.1 Å². The van der Waals surface area contributed by atoms with Crippen LogP contribution in [0, 0.1) is 0 Å². The first-order valence-corrected chi connectivity index (χ1v) is 5.57. The second-order valence-corrected chi connectivity index (χ2v) is 4.17. The number of hydrogen-bond acceptors (Lipinski definition) is 3. The van der Waals surface area contributed by atoms with E-state index in [1.54, 1.807) is 0 Å². The second kappa shape index (κ2) is 4.55. The van der Waals surface area contributed by atoms with E-state index >= 15 is 0 Å². The molecule has 1 unspecified atom stereocenters. The first-order valence-electron chi connectivity index (χ1n) is 5.57. The van der Waals surface area contributed by atoms with Gasteiger partial charge in [0.25, 0.3) is 0 Å². The van der Waals surface area contributed by atoms with Crippen LogP contribution in [0.3, 0.4) is 0 Å². The standard InChI is InChI=1S/C12H15N3O2/c1-8-6-7-9-4-2-3-5-10(9)15(8)12(17)11(16)14-13/h2-5,8H,6-7,13H2,1H3,(H,14,16). The predicted octanol–water partition coefficient (Wildman–Crippen LogP) is 0.344. The number of carbonyl (C=O) groups excluding carboxylic acids is 2. The summed E-state index contributed by atoms with van der Waals surface area (Å²) < 4.78 is 0. The van der Waals surface area contributed by atoms with Crippen LogP contribution < -0.4 is 16.2 Å². The summed E-state index contributed by atoms with van der Waals surface area (Å²) in [5.41, 5.74) is 3.78. The monoisotopic (exact) mass is 233 g/mol. The Morgan fingerprint density at radius 1 is 1.41 bits per heavy atom. The van der Waals surface area contributed by atoms with Crippen molar-refractivity contribution in [3.8, 4) is 0 Å². The molecule has 2 rings (SSSR count). The maximum Gasteiger partial charge on any atom is 0.323 e. The summed E-state index contributed by atoms with van der Waals surface area (Å²) >= 11 is 0. The van der Waals surface area contributed by atoms with Crippen molar-refractivity contribution in [3.63, 3.8) is 0 Å². The van der Waals surface area contributed by atoms with Gasteiger partial charge in [0.2, 0.25) is 0 Å². The van der Waals surface area contributed by atoms with E-state index in [1.165, 1.54) is 4.90 Å². The van der Waals surface area contributed by atoms with E-state index in [1.807, 2.05) is 36.6 Å². The number of benzene rings is 1. The molecule has 0 bridgehead atoms. The topological polar surface area (TPSA) is 75.4 Å². The van der Waals surface area contributed by atoms with Gasteiger partial charge in [0.15, 0.2) is 0 Å². The summed E-state index contributed by atoms with van der Waals surface area (Å²) in [5.74, 6) is 3.61. The van der Waals surface area contributed by atoms with Gasteiger partial charge in [-0.05, 0) is 31.4 Å². The Balaban J connectivity index is 2.39. The average Bonchev–Trinajstić information content (AvgIpc) is 2.37. The highest BCUT2D eigenvalue weighted by Crippen LogP contribution is 2.30. The molecule has 17 heavy (non-hydrogen) atoms. The van der Waals surface area contributed by atoms with Crippen molar-refractivity contribution in [2.24, 2.45) is 5.84 Å². The lowest BCUT2D eigenvalue weighted by Crippen LogP contribution is -2.50. The number of nitrogens with zero attached hydrogens (tertiary/aromatic N) is 1. The van der Waals surface area contributed by atoms with Gasteiger partial charge in [0, 0.05) is 11.7 Å². The highest BCUT2D eigenvalue weighted by atomic mass is 16.2. The third kappa shape index (κ3) is 2.01. The highest BCUT2D eigenvalue weighted by molar-refractivity contribution is 6.40. The molecule has 0 saturated heterocycles. The van der Waals surface area contributed by atoms with Crippen molar-refractivity contribution in [1.29, 1.82) is 0 Å². The van der Waals surface area contributed by atoms with Crippen LogP contribution >= 0.6 is 0 Å². The fourth-order valence-electron chi connectivity index (χ4n) is 2.17. The van der Waals surface area contributed by atoms with Crippen molar-refractivity contribution in [1.82, 2.24) is 5.43 Å². The van der Waals surface area contributed by atoms with Crippen LogP contribution in [0.15, 0.2) is 24.3 Å². The van der Waals surface area contributed by atoms with Gasteiger partial charge in [0.05, 0.1) is 0 Å². The Morgan fingerprint density at radius 2 is 2.12 bits per heavy atom. The van der Waals surface area contributed by atoms with Gasteiger partial charge in [-0.1, -0.05) is 18.2 Å². The van der Waals surface area contributed by atoms with Crippen molar-refractivity contribution >= 4 is 17.5 Å². The summed E-state index contributed by atoms with van der Waals surface area (Å²) in [7, 11) is 0. The molecule has 1 aliphatic heterocycles. The molecule has 3 N–H and O–H groups in total. The van der Waals surface area contributed by atoms with Gasteiger partial charge in [-0.3, -0.25) is 15.0 Å². The second-order valence-electron chi connectivity index (χ2n) is 4.17. The Kier molecular flexibility index (Phi) is 3.10. The van der Waals surface area contributed by atoms with E-state index in [-0.39, 0.29) is 6.04 Å². The Morgan fingerprint density at radius 3 is 2.82 bits per heavy atom. The molecule has 1 aromatic carbocycles. The van der Waals surface area contributed by atoms with E-state index in [9.17, 15) is 9.59 Å². The first-order chi connectivity index (χ1) is 8.15. The van der Waals surface area contributed by atoms with Crippen molar-refractivity contribution in [2.45, 2.75) is 25.8 Å². The number of nitrogens with two attached hydrogens (primary N) is 1. The minimum Gasteiger partial charge on any atom is -0.301 e. The summed E-state index contributed by atoms with van der Waals surface area (Å²) in [6.07, 6.45) is 1.77. The van der Waals surface area contributed by atoms with Crippen LogP contribution in [0.2, 0.25) is 0 Å². The summed E-state index contributed by atoms with van der Waals surface area (Å²) in [4.78, 5) is 24.8. The minimum atomic E-state index is -0.784. The summed E-state index contributed by atoms with van der Waals surface area (Å²) in [5, 5.41) is 0. The minimum absolute atomic E-state index is 0.00898. The molecule has 0 radical (unpaired) electrons. The highest BCUT2D eigenvalue weighted by Gasteiger charge is 2.31. The molecule has 1 atom stereocenters. The number of carbonyl (C=O) groups is 2. The zero-order valence-electron chi connectivity index (χ0n) is 9.64. The number of hydrazine groups is 1. The van der Waals surface area contributed by atoms with Crippen molar-refractivity contribution in [3.05, 3.63) is 29.8 Å². The number of aryl methyl sites for hydroxylation is 1. The molecule has 0 aromatic heterocycles. The molecule has 0 spiro atoms. The molecule has 0 aliphatic carbocycles. The third-order valence-electron chi connectivity index (χ3n) is 3.07. The molecule has 1 aliphatic rings. The fraction of sp³-hybridized carbons (Fsp3) is 0.333. The molecule has 90 valence electrons. The molecule has 1 heterocycles. The van der Waals surface area contributed by atoms with Crippen LogP contribution in [-0.4, -0.2) is 17.9 Å². The van der Waals surface area contributed by atoms with Crippen molar-refractivity contribution < 1.29 is 9.59 Å². The van der Waals surface area contributed by atoms with E-state index < -0.39 is 11.8 Å². The third-order valence-corrected chi connectivity index (χ3v) is 3.07. The molecule has 5 nitrogen and oxygen atoms in total. The van der Waals surface area contributed by atoms with Crippen LogP contribution in [0.25, 0.3) is 0 Å². The lowest BCUT2D eigenvalue weighted by molar-refractivity contribution is -0.138. The number of amides is 2. The van der Waals surface area contributed by atoms with E-state index in [0.29, 0.717) is 0 Å². The summed E-state index contributed by atoms with van der Waals surface area (Å²) in [6, 6.07) is 7.63. The van der Waals surface area contributed by atoms with Crippen LogP contribution in [0.5, 0.6) is 0 Å². The smallest absolute Gasteiger partial charge is 0.301 e. The molecule has 1 aromatic rings.